The molecule has 1 aliphatic rings. The minimum absolute atomic E-state index is 0.0686. The van der Waals surface area contributed by atoms with Crippen molar-refractivity contribution in [1.82, 2.24) is 4.90 Å². The van der Waals surface area contributed by atoms with E-state index >= 15 is 0 Å². The molecular weight excluding hydrogens is 382 g/mol. The summed E-state index contributed by atoms with van der Waals surface area (Å²) < 4.78 is 1.12. The van der Waals surface area contributed by atoms with Gasteiger partial charge >= 0.3 is 0 Å². The molecule has 3 aromatic carbocycles. The Balaban J connectivity index is 1.70. The van der Waals surface area contributed by atoms with Gasteiger partial charge in [-0.25, -0.2) is 0 Å². The van der Waals surface area contributed by atoms with Gasteiger partial charge in [-0.05, 0) is 41.3 Å². The van der Waals surface area contributed by atoms with Gasteiger partial charge in [0.15, 0.2) is 0 Å². The van der Waals surface area contributed by atoms with Crippen LogP contribution < -0.4 is 0 Å². The van der Waals surface area contributed by atoms with E-state index in [0.717, 1.165) is 29.5 Å². The second-order valence-corrected chi connectivity index (χ2v) is 7.40. The first kappa shape index (κ1) is 17.1. The fourth-order valence-electron chi connectivity index (χ4n) is 3.47. The van der Waals surface area contributed by atoms with Crippen molar-refractivity contribution in [2.45, 2.75) is 19.0 Å². The Morgan fingerprint density at radius 2 is 1.50 bits per heavy atom. The van der Waals surface area contributed by atoms with Crippen molar-refractivity contribution in [1.29, 1.82) is 0 Å². The summed E-state index contributed by atoms with van der Waals surface area (Å²) in [4.78, 5) is 2.48. The fraction of sp³-hybridized carbons (Fsp3) is 0.167. The van der Waals surface area contributed by atoms with Crippen LogP contribution in [0.4, 0.5) is 0 Å². The van der Waals surface area contributed by atoms with Gasteiger partial charge in [0, 0.05) is 23.1 Å². The van der Waals surface area contributed by atoms with Crippen molar-refractivity contribution in [2.75, 3.05) is 6.54 Å². The molecule has 0 N–H and O–H groups in total. The second kappa shape index (κ2) is 7.91. The summed E-state index contributed by atoms with van der Waals surface area (Å²) in [5.74, 6) is 6.92. The molecule has 0 radical (unpaired) electrons. The smallest absolute Gasteiger partial charge is 0.0988 e. The predicted molar refractivity (Wildman–Crippen MR) is 111 cm³/mol. The lowest BCUT2D eigenvalue weighted by molar-refractivity contribution is 0.217. The van der Waals surface area contributed by atoms with E-state index in [4.69, 9.17) is 0 Å². The van der Waals surface area contributed by atoms with Crippen LogP contribution in [-0.4, -0.2) is 11.4 Å². The molecule has 4 rings (SSSR count). The Bertz CT molecular complexity index is 952. The molecule has 0 bridgehead atoms. The van der Waals surface area contributed by atoms with Gasteiger partial charge in [-0.15, -0.1) is 0 Å². The highest BCUT2D eigenvalue weighted by Gasteiger charge is 2.24. The molecular formula is C24H20BrN. The van der Waals surface area contributed by atoms with Crippen molar-refractivity contribution >= 4 is 15.9 Å². The van der Waals surface area contributed by atoms with E-state index in [1.165, 1.54) is 16.7 Å². The first-order valence-electron chi connectivity index (χ1n) is 8.93. The number of hydrogen-bond acceptors (Lipinski definition) is 1. The van der Waals surface area contributed by atoms with Crippen molar-refractivity contribution in [2.24, 2.45) is 0 Å². The first-order valence-corrected chi connectivity index (χ1v) is 9.72. The average Bonchev–Trinajstić information content (AvgIpc) is 2.70. The third-order valence-corrected chi connectivity index (χ3v) is 5.57. The zero-order chi connectivity index (χ0) is 17.8. The molecule has 2 heteroatoms. The normalized spacial score (nSPS) is 14.8. The topological polar surface area (TPSA) is 3.24 Å². The third kappa shape index (κ3) is 3.75. The van der Waals surface area contributed by atoms with Crippen molar-refractivity contribution < 1.29 is 0 Å². The lowest BCUT2D eigenvalue weighted by atomic mass is 9.96. The summed E-state index contributed by atoms with van der Waals surface area (Å²) in [6.45, 7) is 1.96. The molecule has 128 valence electrons. The van der Waals surface area contributed by atoms with Crippen molar-refractivity contribution in [3.63, 3.8) is 0 Å². The van der Waals surface area contributed by atoms with E-state index in [-0.39, 0.29) is 6.04 Å². The van der Waals surface area contributed by atoms with Gasteiger partial charge in [-0.3, -0.25) is 4.90 Å². The summed E-state index contributed by atoms with van der Waals surface area (Å²) in [6, 6.07) is 27.5. The lowest BCUT2D eigenvalue weighted by Gasteiger charge is -2.33. The van der Waals surface area contributed by atoms with Crippen LogP contribution in [0, 0.1) is 11.8 Å². The molecule has 0 unspecified atom stereocenters. The van der Waals surface area contributed by atoms with E-state index in [9.17, 15) is 0 Å². The van der Waals surface area contributed by atoms with Crippen LogP contribution in [0.5, 0.6) is 0 Å². The molecule has 0 aliphatic carbocycles. The molecule has 1 atom stereocenters. The highest BCUT2D eigenvalue weighted by molar-refractivity contribution is 9.10. The van der Waals surface area contributed by atoms with Gasteiger partial charge < -0.3 is 0 Å². The number of hydrogen-bond donors (Lipinski definition) is 0. The maximum absolute atomic E-state index is 3.73. The fourth-order valence-corrected chi connectivity index (χ4v) is 3.98. The number of nitrogens with zero attached hydrogens (tertiary/aromatic N) is 1. The van der Waals surface area contributed by atoms with Crippen LogP contribution in [-0.2, 0) is 13.0 Å². The minimum atomic E-state index is 0.0686. The first-order chi connectivity index (χ1) is 12.8. The highest BCUT2D eigenvalue weighted by Crippen LogP contribution is 2.31. The largest absolute Gasteiger partial charge is 0.281 e. The summed E-state index contributed by atoms with van der Waals surface area (Å²) in [5.41, 5.74) is 5.17. The maximum atomic E-state index is 3.73. The molecule has 26 heavy (non-hydrogen) atoms. The molecule has 0 amide bonds. The number of fused-ring (bicyclic) bond motifs is 1. The zero-order valence-electron chi connectivity index (χ0n) is 14.5. The van der Waals surface area contributed by atoms with E-state index in [2.05, 4.69) is 93.3 Å². The molecule has 1 nitrogen and oxygen atoms in total. The molecule has 1 heterocycles. The summed E-state index contributed by atoms with van der Waals surface area (Å²) >= 11 is 3.73. The van der Waals surface area contributed by atoms with Crippen LogP contribution in [0.25, 0.3) is 0 Å². The van der Waals surface area contributed by atoms with E-state index in [1.54, 1.807) is 0 Å². The standard InChI is InChI=1S/C24H20BrN/c25-23-13-7-6-12-22(23)24(15-14-19-8-2-1-3-9-19)26-17-16-20-10-4-5-11-21(20)18-26/h1-13,24H,16-18H2/t24-/m1/s1. The van der Waals surface area contributed by atoms with E-state index < -0.39 is 0 Å². The molecule has 0 spiro atoms. The van der Waals surface area contributed by atoms with Gasteiger partial charge in [0.25, 0.3) is 0 Å². The van der Waals surface area contributed by atoms with Crippen LogP contribution in [0.3, 0.4) is 0 Å². The molecule has 0 saturated carbocycles. The van der Waals surface area contributed by atoms with E-state index in [1.807, 2.05) is 18.2 Å². The van der Waals surface area contributed by atoms with Gasteiger partial charge in [-0.2, -0.15) is 0 Å². The van der Waals surface area contributed by atoms with Gasteiger partial charge in [0.1, 0.15) is 0 Å². The van der Waals surface area contributed by atoms with Gasteiger partial charge in [0.2, 0.25) is 0 Å². The number of benzene rings is 3. The second-order valence-electron chi connectivity index (χ2n) is 6.55. The minimum Gasteiger partial charge on any atom is -0.281 e. The Morgan fingerprint density at radius 1 is 0.808 bits per heavy atom. The van der Waals surface area contributed by atoms with Gasteiger partial charge in [0.05, 0.1) is 6.04 Å². The summed E-state index contributed by atoms with van der Waals surface area (Å²) in [7, 11) is 0. The SMILES string of the molecule is Brc1ccccc1[C@@H](C#Cc1ccccc1)N1CCc2ccccc2C1. The quantitative estimate of drug-likeness (QED) is 0.505. The Labute approximate surface area is 163 Å². The zero-order valence-corrected chi connectivity index (χ0v) is 16.1. The monoisotopic (exact) mass is 401 g/mol. The lowest BCUT2D eigenvalue weighted by Crippen LogP contribution is -2.33. The van der Waals surface area contributed by atoms with Crippen molar-refractivity contribution in [3.8, 4) is 11.8 Å². The maximum Gasteiger partial charge on any atom is 0.0988 e. The third-order valence-electron chi connectivity index (χ3n) is 4.85. The molecule has 0 fully saturated rings. The van der Waals surface area contributed by atoms with Crippen molar-refractivity contribution in [3.05, 3.63) is 106 Å². The number of rotatable bonds is 2. The molecule has 0 saturated heterocycles. The van der Waals surface area contributed by atoms with Crippen LogP contribution >= 0.6 is 15.9 Å². The Hall–Kier alpha value is -2.34. The molecule has 1 aliphatic heterocycles. The molecule has 0 aromatic heterocycles. The van der Waals surface area contributed by atoms with Gasteiger partial charge in [-0.1, -0.05) is 88.4 Å². The average molecular weight is 402 g/mol. The summed E-state index contributed by atoms with van der Waals surface area (Å²) in [6.07, 6.45) is 1.07. The van der Waals surface area contributed by atoms with Crippen LogP contribution in [0.1, 0.15) is 28.3 Å². The molecule has 3 aromatic rings. The number of halogens is 1. The highest BCUT2D eigenvalue weighted by atomic mass is 79.9. The Kier molecular flexibility index (Phi) is 5.20. The Morgan fingerprint density at radius 3 is 2.31 bits per heavy atom. The van der Waals surface area contributed by atoms with E-state index in [0.29, 0.717) is 0 Å². The van der Waals surface area contributed by atoms with Crippen LogP contribution in [0.2, 0.25) is 0 Å². The van der Waals surface area contributed by atoms with Crippen LogP contribution in [0.15, 0.2) is 83.3 Å². The predicted octanol–water partition coefficient (Wildman–Crippen LogP) is 5.60. The summed E-state index contributed by atoms with van der Waals surface area (Å²) in [5, 5.41) is 0.